The van der Waals surface area contributed by atoms with E-state index in [9.17, 15) is 24.6 Å². The van der Waals surface area contributed by atoms with Gasteiger partial charge in [0.15, 0.2) is 22.8 Å². The fourth-order valence-electron chi connectivity index (χ4n) is 6.73. The standard InChI is InChI=1S/C21H25FO5/c1-11-8-15-14-5-4-12-9-13(23)6-7-18(12,2)20(14,22)16(24)10-19(15,3)21(11,27)17(25)26/h6-7,9,11,14-15,27H,4-5,8,10H2,1-3H3,(H,25,26)/t11-,14-,15-,18-,19-,20-,21-/m0/s1. The second-order valence-corrected chi connectivity index (χ2v) is 9.30. The Morgan fingerprint density at radius 1 is 1.26 bits per heavy atom. The lowest BCUT2D eigenvalue weighted by Crippen LogP contribution is -2.67. The molecule has 3 fully saturated rings. The summed E-state index contributed by atoms with van der Waals surface area (Å²) in [7, 11) is 0. The first-order valence-corrected chi connectivity index (χ1v) is 9.55. The number of Topliss-reactive ketones (excluding diaryl/α,β-unsaturated/α-hetero) is 1. The average Bonchev–Trinajstić information content (AvgIpc) is 2.79. The van der Waals surface area contributed by atoms with Crippen LogP contribution in [0.1, 0.15) is 46.5 Å². The van der Waals surface area contributed by atoms with Gasteiger partial charge in [-0.1, -0.05) is 25.5 Å². The van der Waals surface area contributed by atoms with Gasteiger partial charge in [0.05, 0.1) is 0 Å². The first-order valence-electron chi connectivity index (χ1n) is 9.55. The van der Waals surface area contributed by atoms with Crippen molar-refractivity contribution < 1.29 is 29.0 Å². The Labute approximate surface area is 157 Å². The van der Waals surface area contributed by atoms with E-state index in [0.717, 1.165) is 0 Å². The SMILES string of the molecule is C[C@H]1C[C@H]2[C@@H]3CCC4=CC(=O)C=C[C@]4(C)[C@@]3(F)C(=O)C[C@]2(C)[C@@]1(O)C(=O)O. The van der Waals surface area contributed by atoms with Gasteiger partial charge in [-0.3, -0.25) is 9.59 Å². The number of carboxylic acid groups (broad SMARTS) is 1. The molecular weight excluding hydrogens is 351 g/mol. The molecule has 0 saturated heterocycles. The lowest BCUT2D eigenvalue weighted by atomic mass is 9.45. The fraction of sp³-hybridized carbons (Fsp3) is 0.667. The van der Waals surface area contributed by atoms with Gasteiger partial charge < -0.3 is 10.2 Å². The van der Waals surface area contributed by atoms with Crippen molar-refractivity contribution in [2.24, 2.45) is 28.6 Å². The molecule has 0 aromatic rings. The van der Waals surface area contributed by atoms with Crippen LogP contribution < -0.4 is 0 Å². The second kappa shape index (κ2) is 5.16. The van der Waals surface area contributed by atoms with Gasteiger partial charge in [-0.25, -0.2) is 9.18 Å². The van der Waals surface area contributed by atoms with Crippen LogP contribution in [0.4, 0.5) is 4.39 Å². The predicted octanol–water partition coefficient (Wildman–Crippen LogP) is 2.63. The molecule has 3 saturated carbocycles. The highest BCUT2D eigenvalue weighted by molar-refractivity contribution is 6.02. The van der Waals surface area contributed by atoms with Gasteiger partial charge in [-0.15, -0.1) is 0 Å². The zero-order valence-electron chi connectivity index (χ0n) is 15.8. The molecule has 7 atom stereocenters. The number of ketones is 2. The molecule has 0 unspecified atom stereocenters. The Bertz CT molecular complexity index is 830. The highest BCUT2D eigenvalue weighted by Crippen LogP contribution is 2.69. The van der Waals surface area contributed by atoms with E-state index in [-0.39, 0.29) is 12.2 Å². The number of carboxylic acids is 1. The molecule has 0 aliphatic heterocycles. The van der Waals surface area contributed by atoms with Crippen LogP contribution in [0.5, 0.6) is 0 Å². The first kappa shape index (κ1) is 18.5. The molecular formula is C21H25FO5. The monoisotopic (exact) mass is 376 g/mol. The zero-order valence-corrected chi connectivity index (χ0v) is 15.8. The summed E-state index contributed by atoms with van der Waals surface area (Å²) in [5.74, 6) is -3.88. The summed E-state index contributed by atoms with van der Waals surface area (Å²) in [6, 6.07) is 0. The van der Waals surface area contributed by atoms with Gasteiger partial charge >= 0.3 is 5.97 Å². The van der Waals surface area contributed by atoms with Crippen molar-refractivity contribution in [3.8, 4) is 0 Å². The highest BCUT2D eigenvalue weighted by Gasteiger charge is 2.76. The molecule has 0 spiro atoms. The van der Waals surface area contributed by atoms with Crippen molar-refractivity contribution in [2.45, 2.75) is 57.7 Å². The third-order valence-electron chi connectivity index (χ3n) is 8.31. The number of carbonyl (C=O) groups excluding carboxylic acids is 2. The van der Waals surface area contributed by atoms with Crippen LogP contribution >= 0.6 is 0 Å². The molecule has 27 heavy (non-hydrogen) atoms. The van der Waals surface area contributed by atoms with Crippen LogP contribution in [-0.2, 0) is 14.4 Å². The van der Waals surface area contributed by atoms with E-state index in [2.05, 4.69) is 0 Å². The second-order valence-electron chi connectivity index (χ2n) is 9.30. The predicted molar refractivity (Wildman–Crippen MR) is 94.5 cm³/mol. The molecule has 0 amide bonds. The van der Waals surface area contributed by atoms with Crippen LogP contribution in [0, 0.1) is 28.6 Å². The smallest absolute Gasteiger partial charge is 0.336 e. The van der Waals surface area contributed by atoms with E-state index < -0.39 is 51.6 Å². The quantitative estimate of drug-likeness (QED) is 0.734. The number of hydrogen-bond donors (Lipinski definition) is 2. The maximum Gasteiger partial charge on any atom is 0.336 e. The van der Waals surface area contributed by atoms with Crippen molar-refractivity contribution >= 4 is 17.5 Å². The summed E-state index contributed by atoms with van der Waals surface area (Å²) in [6.45, 7) is 4.95. The Kier molecular flexibility index (Phi) is 3.54. The van der Waals surface area contributed by atoms with E-state index in [4.69, 9.17) is 0 Å². The summed E-state index contributed by atoms with van der Waals surface area (Å²) in [4.78, 5) is 37.0. The number of hydrogen-bond acceptors (Lipinski definition) is 4. The summed E-state index contributed by atoms with van der Waals surface area (Å²) >= 11 is 0. The molecule has 6 heteroatoms. The van der Waals surface area contributed by atoms with Crippen LogP contribution in [0.25, 0.3) is 0 Å². The van der Waals surface area contributed by atoms with Gasteiger partial charge in [0.1, 0.15) is 0 Å². The van der Waals surface area contributed by atoms with Crippen LogP contribution in [0.3, 0.4) is 0 Å². The molecule has 0 aromatic carbocycles. The summed E-state index contributed by atoms with van der Waals surface area (Å²) in [6.07, 6.45) is 5.17. The maximum atomic E-state index is 16.7. The van der Waals surface area contributed by atoms with Gasteiger partial charge in [0.25, 0.3) is 0 Å². The molecule has 2 N–H and O–H groups in total. The first-order chi connectivity index (χ1) is 12.4. The number of alkyl halides is 1. The molecule has 146 valence electrons. The molecule has 0 aromatic heterocycles. The van der Waals surface area contributed by atoms with Crippen LogP contribution in [0.15, 0.2) is 23.8 Å². The van der Waals surface area contributed by atoms with Gasteiger partial charge in [0.2, 0.25) is 0 Å². The van der Waals surface area contributed by atoms with Crippen molar-refractivity contribution in [2.75, 3.05) is 0 Å². The molecule has 4 aliphatic rings. The Balaban J connectivity index is 1.87. The van der Waals surface area contributed by atoms with Gasteiger partial charge in [-0.05, 0) is 50.2 Å². The number of aliphatic hydroxyl groups is 1. The molecule has 0 bridgehead atoms. The van der Waals surface area contributed by atoms with Crippen molar-refractivity contribution in [1.82, 2.24) is 0 Å². The lowest BCUT2D eigenvalue weighted by molar-refractivity contribution is -0.196. The van der Waals surface area contributed by atoms with Crippen molar-refractivity contribution in [1.29, 1.82) is 0 Å². The van der Waals surface area contributed by atoms with Gasteiger partial charge in [-0.2, -0.15) is 0 Å². The molecule has 0 heterocycles. The Morgan fingerprint density at radius 3 is 2.56 bits per heavy atom. The van der Waals surface area contributed by atoms with E-state index in [1.54, 1.807) is 20.8 Å². The van der Waals surface area contributed by atoms with Crippen molar-refractivity contribution in [3.63, 3.8) is 0 Å². The average molecular weight is 376 g/mol. The topological polar surface area (TPSA) is 91.7 Å². The van der Waals surface area contributed by atoms with Crippen LogP contribution in [-0.4, -0.2) is 39.0 Å². The highest BCUT2D eigenvalue weighted by atomic mass is 19.1. The number of aliphatic carboxylic acids is 1. The Hall–Kier alpha value is -1.82. The molecule has 4 rings (SSSR count). The summed E-state index contributed by atoms with van der Waals surface area (Å²) < 4.78 is 16.7. The minimum atomic E-state index is -2.19. The van der Waals surface area contributed by atoms with E-state index in [0.29, 0.717) is 24.8 Å². The largest absolute Gasteiger partial charge is 0.479 e. The zero-order chi connectivity index (χ0) is 20.0. The normalized spacial score (nSPS) is 51.3. The lowest BCUT2D eigenvalue weighted by Gasteiger charge is -2.59. The third kappa shape index (κ3) is 1.85. The van der Waals surface area contributed by atoms with Crippen LogP contribution in [0.2, 0.25) is 0 Å². The van der Waals surface area contributed by atoms with E-state index >= 15 is 4.39 Å². The number of rotatable bonds is 1. The van der Waals surface area contributed by atoms with E-state index in [1.807, 2.05) is 0 Å². The van der Waals surface area contributed by atoms with Gasteiger partial charge in [0, 0.05) is 23.2 Å². The Morgan fingerprint density at radius 2 is 1.93 bits per heavy atom. The minimum Gasteiger partial charge on any atom is -0.479 e. The maximum absolute atomic E-state index is 16.7. The number of fused-ring (bicyclic) bond motifs is 5. The summed E-state index contributed by atoms with van der Waals surface area (Å²) in [5.41, 5.74) is -6.02. The fourth-order valence-corrected chi connectivity index (χ4v) is 6.73. The number of allylic oxidation sites excluding steroid dienone is 4. The van der Waals surface area contributed by atoms with E-state index in [1.165, 1.54) is 18.2 Å². The molecule has 5 nitrogen and oxygen atoms in total. The summed E-state index contributed by atoms with van der Waals surface area (Å²) in [5, 5.41) is 20.8. The van der Waals surface area contributed by atoms with Crippen molar-refractivity contribution in [3.05, 3.63) is 23.8 Å². The minimum absolute atomic E-state index is 0.202. The number of halogens is 1. The molecule has 4 aliphatic carbocycles. The number of carbonyl (C=O) groups is 3. The molecule has 0 radical (unpaired) electrons. The third-order valence-corrected chi connectivity index (χ3v) is 8.31.